The van der Waals surface area contributed by atoms with Crippen LogP contribution in [-0.2, 0) is 0 Å². The van der Waals surface area contributed by atoms with Gasteiger partial charge in [-0.25, -0.2) is 4.39 Å². The second kappa shape index (κ2) is 4.49. The molecule has 0 radical (unpaired) electrons. The molecule has 1 aliphatic rings. The minimum absolute atomic E-state index is 0.248. The molecule has 0 saturated carbocycles. The smallest absolute Gasteiger partial charge is 0.164 e. The van der Waals surface area contributed by atoms with Crippen LogP contribution in [0.2, 0.25) is 0 Å². The molecular formula is C11H14FNO2. The number of hydrogen-bond donors (Lipinski definition) is 1. The summed E-state index contributed by atoms with van der Waals surface area (Å²) in [5.41, 5.74) is 5.29. The van der Waals surface area contributed by atoms with E-state index in [1.807, 2.05) is 18.2 Å². The third-order valence-electron chi connectivity index (χ3n) is 2.38. The first-order valence-corrected chi connectivity index (χ1v) is 5.04. The van der Waals surface area contributed by atoms with Gasteiger partial charge in [-0.1, -0.05) is 12.1 Å². The topological polar surface area (TPSA) is 44.5 Å². The van der Waals surface area contributed by atoms with Gasteiger partial charge >= 0.3 is 0 Å². The van der Waals surface area contributed by atoms with Gasteiger partial charge in [0.25, 0.3) is 0 Å². The molecule has 15 heavy (non-hydrogen) atoms. The molecule has 2 atom stereocenters. The van der Waals surface area contributed by atoms with E-state index in [0.29, 0.717) is 24.5 Å². The SMILES string of the molecule is NCCC(F)C1COc2ccccc2O1. The number of rotatable bonds is 3. The third kappa shape index (κ3) is 2.21. The predicted octanol–water partition coefficient (Wildman–Crippen LogP) is 1.51. The van der Waals surface area contributed by atoms with Crippen molar-refractivity contribution in [2.45, 2.75) is 18.7 Å². The highest BCUT2D eigenvalue weighted by atomic mass is 19.1. The van der Waals surface area contributed by atoms with E-state index in [4.69, 9.17) is 15.2 Å². The summed E-state index contributed by atoms with van der Waals surface area (Å²) in [5, 5.41) is 0. The van der Waals surface area contributed by atoms with Crippen LogP contribution in [0.3, 0.4) is 0 Å². The summed E-state index contributed by atoms with van der Waals surface area (Å²) in [6.45, 7) is 0.570. The van der Waals surface area contributed by atoms with Crippen molar-refractivity contribution in [1.82, 2.24) is 0 Å². The maximum atomic E-state index is 13.5. The summed E-state index contributed by atoms with van der Waals surface area (Å²) in [4.78, 5) is 0. The standard InChI is InChI=1S/C11H14FNO2/c12-8(5-6-13)11-7-14-9-3-1-2-4-10(9)15-11/h1-4,8,11H,5-7,13H2. The molecule has 1 aliphatic heterocycles. The van der Waals surface area contributed by atoms with E-state index in [-0.39, 0.29) is 6.61 Å². The van der Waals surface area contributed by atoms with Gasteiger partial charge in [0.15, 0.2) is 17.6 Å². The molecule has 0 amide bonds. The minimum Gasteiger partial charge on any atom is -0.486 e. The van der Waals surface area contributed by atoms with Crippen molar-refractivity contribution in [1.29, 1.82) is 0 Å². The van der Waals surface area contributed by atoms with Gasteiger partial charge in [-0.15, -0.1) is 0 Å². The maximum absolute atomic E-state index is 13.5. The number of ether oxygens (including phenoxy) is 2. The van der Waals surface area contributed by atoms with E-state index < -0.39 is 12.3 Å². The Hall–Kier alpha value is -1.29. The van der Waals surface area contributed by atoms with Gasteiger partial charge in [-0.2, -0.15) is 0 Å². The van der Waals surface area contributed by atoms with Crippen LogP contribution in [0, 0.1) is 0 Å². The van der Waals surface area contributed by atoms with Gasteiger partial charge in [0.2, 0.25) is 0 Å². The fourth-order valence-electron chi connectivity index (χ4n) is 1.56. The molecule has 82 valence electrons. The van der Waals surface area contributed by atoms with Gasteiger partial charge in [0.1, 0.15) is 12.8 Å². The van der Waals surface area contributed by atoms with Gasteiger partial charge in [-0.3, -0.25) is 0 Å². The highest BCUT2D eigenvalue weighted by Gasteiger charge is 2.28. The van der Waals surface area contributed by atoms with E-state index >= 15 is 0 Å². The lowest BCUT2D eigenvalue weighted by molar-refractivity contribution is 0.0282. The van der Waals surface area contributed by atoms with Crippen LogP contribution in [0.25, 0.3) is 0 Å². The normalized spacial score (nSPS) is 21.1. The molecular weight excluding hydrogens is 197 g/mol. The quantitative estimate of drug-likeness (QED) is 0.824. The molecule has 0 fully saturated rings. The summed E-state index contributed by atoms with van der Waals surface area (Å²) < 4.78 is 24.4. The highest BCUT2D eigenvalue weighted by Crippen LogP contribution is 2.32. The molecule has 0 aliphatic carbocycles. The molecule has 2 unspecified atom stereocenters. The molecule has 3 nitrogen and oxygen atoms in total. The highest BCUT2D eigenvalue weighted by molar-refractivity contribution is 5.40. The van der Waals surface area contributed by atoms with Crippen molar-refractivity contribution in [2.24, 2.45) is 5.73 Å². The second-order valence-electron chi connectivity index (χ2n) is 3.51. The zero-order valence-electron chi connectivity index (χ0n) is 8.36. The predicted molar refractivity (Wildman–Crippen MR) is 54.9 cm³/mol. The van der Waals surface area contributed by atoms with Gasteiger partial charge in [0, 0.05) is 0 Å². The summed E-state index contributed by atoms with van der Waals surface area (Å²) in [6, 6.07) is 7.27. The Morgan fingerprint density at radius 2 is 2.13 bits per heavy atom. The van der Waals surface area contributed by atoms with Gasteiger partial charge < -0.3 is 15.2 Å². The minimum atomic E-state index is -1.07. The lowest BCUT2D eigenvalue weighted by Crippen LogP contribution is -2.38. The van der Waals surface area contributed by atoms with Crippen molar-refractivity contribution in [3.63, 3.8) is 0 Å². The first kappa shape index (κ1) is 10.2. The molecule has 1 heterocycles. The van der Waals surface area contributed by atoms with Crippen LogP contribution >= 0.6 is 0 Å². The fourth-order valence-corrected chi connectivity index (χ4v) is 1.56. The van der Waals surface area contributed by atoms with E-state index in [1.165, 1.54) is 0 Å². The number of nitrogens with two attached hydrogens (primary N) is 1. The Morgan fingerprint density at radius 3 is 2.87 bits per heavy atom. The van der Waals surface area contributed by atoms with E-state index in [0.717, 1.165) is 0 Å². The molecule has 0 spiro atoms. The first-order valence-electron chi connectivity index (χ1n) is 5.04. The summed E-state index contributed by atoms with van der Waals surface area (Å²) >= 11 is 0. The van der Waals surface area contributed by atoms with Crippen molar-refractivity contribution in [3.8, 4) is 11.5 Å². The Bertz CT molecular complexity index is 332. The van der Waals surface area contributed by atoms with E-state index in [1.54, 1.807) is 6.07 Å². The molecule has 0 bridgehead atoms. The van der Waals surface area contributed by atoms with Crippen molar-refractivity contribution >= 4 is 0 Å². The van der Waals surface area contributed by atoms with E-state index in [9.17, 15) is 4.39 Å². The molecule has 0 saturated heterocycles. The van der Waals surface area contributed by atoms with Crippen LogP contribution < -0.4 is 15.2 Å². The van der Waals surface area contributed by atoms with Crippen LogP contribution in [0.1, 0.15) is 6.42 Å². The molecule has 2 N–H and O–H groups in total. The molecule has 0 aromatic heterocycles. The molecule has 4 heteroatoms. The number of halogens is 1. The van der Waals surface area contributed by atoms with Crippen LogP contribution in [-0.4, -0.2) is 25.4 Å². The number of benzene rings is 1. The molecule has 2 rings (SSSR count). The summed E-state index contributed by atoms with van der Waals surface area (Å²) in [6.07, 6.45) is -1.30. The zero-order chi connectivity index (χ0) is 10.7. The Labute approximate surface area is 88.0 Å². The number of para-hydroxylation sites is 2. The monoisotopic (exact) mass is 211 g/mol. The van der Waals surface area contributed by atoms with Gasteiger partial charge in [0.05, 0.1) is 0 Å². The Balaban J connectivity index is 2.05. The van der Waals surface area contributed by atoms with Gasteiger partial charge in [-0.05, 0) is 25.1 Å². The lowest BCUT2D eigenvalue weighted by Gasteiger charge is -2.28. The molecule has 1 aromatic carbocycles. The largest absolute Gasteiger partial charge is 0.486 e. The zero-order valence-corrected chi connectivity index (χ0v) is 8.36. The van der Waals surface area contributed by atoms with Crippen molar-refractivity contribution in [3.05, 3.63) is 24.3 Å². The lowest BCUT2D eigenvalue weighted by atomic mass is 10.1. The average Bonchev–Trinajstić information content (AvgIpc) is 2.29. The van der Waals surface area contributed by atoms with Crippen LogP contribution in [0.15, 0.2) is 24.3 Å². The van der Waals surface area contributed by atoms with Crippen molar-refractivity contribution < 1.29 is 13.9 Å². The summed E-state index contributed by atoms with van der Waals surface area (Å²) in [7, 11) is 0. The number of fused-ring (bicyclic) bond motifs is 1. The number of hydrogen-bond acceptors (Lipinski definition) is 3. The summed E-state index contributed by atoms with van der Waals surface area (Å²) in [5.74, 6) is 1.28. The Kier molecular flexibility index (Phi) is 3.06. The average molecular weight is 211 g/mol. The first-order chi connectivity index (χ1) is 7.31. The second-order valence-corrected chi connectivity index (χ2v) is 3.51. The van der Waals surface area contributed by atoms with Crippen LogP contribution in [0.5, 0.6) is 11.5 Å². The van der Waals surface area contributed by atoms with Crippen molar-refractivity contribution in [2.75, 3.05) is 13.2 Å². The van der Waals surface area contributed by atoms with Crippen LogP contribution in [0.4, 0.5) is 4.39 Å². The fraction of sp³-hybridized carbons (Fsp3) is 0.455. The molecule has 1 aromatic rings. The number of alkyl halides is 1. The van der Waals surface area contributed by atoms with E-state index in [2.05, 4.69) is 0 Å². The Morgan fingerprint density at radius 1 is 1.40 bits per heavy atom. The third-order valence-corrected chi connectivity index (χ3v) is 2.38. The maximum Gasteiger partial charge on any atom is 0.164 e.